The molecule has 0 unspecified atom stereocenters. The fourth-order valence-electron chi connectivity index (χ4n) is 3.65. The van der Waals surface area contributed by atoms with Gasteiger partial charge in [-0.25, -0.2) is 0 Å². The van der Waals surface area contributed by atoms with E-state index in [0.717, 1.165) is 40.6 Å². The highest BCUT2D eigenvalue weighted by atomic mass is 16.2. The molecule has 1 heterocycles. The monoisotopic (exact) mass is 310 g/mol. The van der Waals surface area contributed by atoms with Crippen LogP contribution in [0, 0.1) is 13.8 Å². The van der Waals surface area contributed by atoms with Gasteiger partial charge in [-0.2, -0.15) is 0 Å². The minimum Gasteiger partial charge on any atom is -0.339 e. The average molecular weight is 310 g/mol. The Morgan fingerprint density at radius 2 is 1.78 bits per heavy atom. The molecule has 0 atom stereocenters. The predicted octanol–water partition coefficient (Wildman–Crippen LogP) is 4.65. The molecule has 3 nitrogen and oxygen atoms in total. The highest BCUT2D eigenvalue weighted by Crippen LogP contribution is 2.25. The van der Waals surface area contributed by atoms with E-state index in [-0.39, 0.29) is 5.91 Å². The van der Waals surface area contributed by atoms with Crippen LogP contribution in [0.4, 0.5) is 0 Å². The van der Waals surface area contributed by atoms with Crippen LogP contribution in [0.5, 0.6) is 0 Å². The Hall–Kier alpha value is -1.90. The number of fused-ring (bicyclic) bond motifs is 1. The van der Waals surface area contributed by atoms with Crippen LogP contribution >= 0.6 is 0 Å². The minimum absolute atomic E-state index is 0.137. The van der Waals surface area contributed by atoms with Crippen molar-refractivity contribution in [3.63, 3.8) is 0 Å². The second-order valence-corrected chi connectivity index (χ2v) is 6.89. The number of nitrogens with zero attached hydrogens (tertiary/aromatic N) is 2. The molecule has 0 N–H and O–H groups in total. The number of aryl methyl sites for hydroxylation is 2. The summed E-state index contributed by atoms with van der Waals surface area (Å²) < 4.78 is 0. The van der Waals surface area contributed by atoms with E-state index in [1.807, 2.05) is 31.0 Å². The molecule has 3 heteroatoms. The van der Waals surface area contributed by atoms with E-state index in [1.165, 1.54) is 25.7 Å². The van der Waals surface area contributed by atoms with Crippen LogP contribution in [0.2, 0.25) is 0 Å². The van der Waals surface area contributed by atoms with Crippen molar-refractivity contribution in [3.05, 3.63) is 41.1 Å². The summed E-state index contributed by atoms with van der Waals surface area (Å²) in [6, 6.07) is 8.46. The first-order chi connectivity index (χ1) is 11.1. The molecule has 1 fully saturated rings. The number of rotatable bonds is 2. The largest absolute Gasteiger partial charge is 0.339 e. The summed E-state index contributed by atoms with van der Waals surface area (Å²) in [6.45, 7) is 4.02. The third-order valence-corrected chi connectivity index (χ3v) is 5.02. The Bertz CT molecular complexity index is 715. The number of hydrogen-bond acceptors (Lipinski definition) is 2. The molecule has 2 aromatic rings. The van der Waals surface area contributed by atoms with Gasteiger partial charge in [-0.15, -0.1) is 0 Å². The van der Waals surface area contributed by atoms with Crippen molar-refractivity contribution in [1.29, 1.82) is 0 Å². The van der Waals surface area contributed by atoms with Crippen molar-refractivity contribution in [3.8, 4) is 0 Å². The average Bonchev–Trinajstić information content (AvgIpc) is 2.82. The summed E-state index contributed by atoms with van der Waals surface area (Å²) >= 11 is 0. The van der Waals surface area contributed by atoms with Crippen LogP contribution in [0.3, 0.4) is 0 Å². The Morgan fingerprint density at radius 1 is 1.09 bits per heavy atom. The molecule has 1 saturated carbocycles. The molecule has 1 aliphatic rings. The number of amides is 1. The van der Waals surface area contributed by atoms with Crippen molar-refractivity contribution in [1.82, 2.24) is 9.88 Å². The number of benzene rings is 1. The van der Waals surface area contributed by atoms with E-state index < -0.39 is 0 Å². The van der Waals surface area contributed by atoms with Gasteiger partial charge in [0.1, 0.15) is 0 Å². The van der Waals surface area contributed by atoms with E-state index >= 15 is 0 Å². The summed E-state index contributed by atoms with van der Waals surface area (Å²) in [5.74, 6) is 0.137. The summed E-state index contributed by atoms with van der Waals surface area (Å²) in [5, 5.41) is 0.973. The maximum Gasteiger partial charge on any atom is 0.254 e. The zero-order valence-electron chi connectivity index (χ0n) is 14.4. The van der Waals surface area contributed by atoms with E-state index in [2.05, 4.69) is 24.0 Å². The van der Waals surface area contributed by atoms with Gasteiger partial charge in [-0.05, 0) is 44.9 Å². The summed E-state index contributed by atoms with van der Waals surface area (Å²) in [5.41, 5.74) is 3.77. The van der Waals surface area contributed by atoms with Gasteiger partial charge in [0.05, 0.1) is 11.1 Å². The zero-order valence-corrected chi connectivity index (χ0v) is 14.4. The molecule has 0 radical (unpaired) electrons. The lowest BCUT2D eigenvalue weighted by Gasteiger charge is -2.28. The van der Waals surface area contributed by atoms with Crippen LogP contribution in [0.25, 0.3) is 10.9 Å². The first-order valence-corrected chi connectivity index (χ1v) is 8.71. The fraction of sp³-hybridized carbons (Fsp3) is 0.500. The van der Waals surface area contributed by atoms with Crippen molar-refractivity contribution in [2.45, 2.75) is 58.4 Å². The maximum absolute atomic E-state index is 13.1. The molecule has 1 aromatic heterocycles. The van der Waals surface area contributed by atoms with E-state index in [0.29, 0.717) is 6.04 Å². The van der Waals surface area contributed by atoms with Crippen molar-refractivity contribution in [2.75, 3.05) is 7.05 Å². The molecule has 0 saturated heterocycles. The molecule has 23 heavy (non-hydrogen) atoms. The third kappa shape index (κ3) is 3.39. The van der Waals surface area contributed by atoms with Gasteiger partial charge in [0, 0.05) is 24.2 Å². The van der Waals surface area contributed by atoms with Gasteiger partial charge >= 0.3 is 0 Å². The van der Waals surface area contributed by atoms with Crippen LogP contribution in [-0.2, 0) is 0 Å². The lowest BCUT2D eigenvalue weighted by atomic mass is 10.0. The van der Waals surface area contributed by atoms with E-state index in [9.17, 15) is 4.79 Å². The third-order valence-electron chi connectivity index (χ3n) is 5.02. The molecular formula is C20H26N2O. The topological polar surface area (TPSA) is 33.2 Å². The highest BCUT2D eigenvalue weighted by Gasteiger charge is 2.23. The second-order valence-electron chi connectivity index (χ2n) is 6.89. The second kappa shape index (κ2) is 6.69. The SMILES string of the molecule is Cc1ccc2nc(C)cc(C(=O)N(C)C3CCCCCC3)c2c1. The van der Waals surface area contributed by atoms with Gasteiger partial charge in [0.2, 0.25) is 0 Å². The smallest absolute Gasteiger partial charge is 0.254 e. The minimum atomic E-state index is 0.137. The van der Waals surface area contributed by atoms with Gasteiger partial charge in [0.15, 0.2) is 0 Å². The van der Waals surface area contributed by atoms with Crippen LogP contribution in [0.15, 0.2) is 24.3 Å². The van der Waals surface area contributed by atoms with E-state index in [1.54, 1.807) is 0 Å². The Labute approximate surface area is 138 Å². The molecule has 3 rings (SSSR count). The predicted molar refractivity (Wildman–Crippen MR) is 94.8 cm³/mol. The number of hydrogen-bond donors (Lipinski definition) is 0. The Balaban J connectivity index is 1.97. The van der Waals surface area contributed by atoms with Crippen molar-refractivity contribution >= 4 is 16.8 Å². The summed E-state index contributed by atoms with van der Waals surface area (Å²) in [6.07, 6.45) is 7.33. The Morgan fingerprint density at radius 3 is 2.48 bits per heavy atom. The molecule has 1 amide bonds. The quantitative estimate of drug-likeness (QED) is 0.757. The standard InChI is InChI=1S/C20H26N2O/c1-14-10-11-19-17(12-14)18(13-15(2)21-19)20(23)22(3)16-8-6-4-5-7-9-16/h10-13,16H,4-9H2,1-3H3. The van der Waals surface area contributed by atoms with Gasteiger partial charge in [-0.1, -0.05) is 37.3 Å². The molecule has 1 aromatic carbocycles. The molecule has 0 aliphatic heterocycles. The first-order valence-electron chi connectivity index (χ1n) is 8.71. The van der Waals surface area contributed by atoms with Crippen LogP contribution < -0.4 is 0 Å². The number of carbonyl (C=O) groups excluding carboxylic acids is 1. The number of pyridine rings is 1. The van der Waals surface area contributed by atoms with Crippen molar-refractivity contribution < 1.29 is 4.79 Å². The van der Waals surface area contributed by atoms with E-state index in [4.69, 9.17) is 0 Å². The maximum atomic E-state index is 13.1. The van der Waals surface area contributed by atoms with Crippen LogP contribution in [0.1, 0.15) is 60.1 Å². The Kier molecular flexibility index (Phi) is 4.65. The lowest BCUT2D eigenvalue weighted by Crippen LogP contribution is -2.36. The number of carbonyl (C=O) groups is 1. The number of aromatic nitrogens is 1. The molecule has 122 valence electrons. The normalized spacial score (nSPS) is 16.3. The van der Waals surface area contributed by atoms with Crippen molar-refractivity contribution in [2.24, 2.45) is 0 Å². The molecule has 1 aliphatic carbocycles. The lowest BCUT2D eigenvalue weighted by molar-refractivity contribution is 0.0719. The van der Waals surface area contributed by atoms with Gasteiger partial charge in [0.25, 0.3) is 5.91 Å². The first kappa shape index (κ1) is 16.0. The summed E-state index contributed by atoms with van der Waals surface area (Å²) in [4.78, 5) is 19.7. The summed E-state index contributed by atoms with van der Waals surface area (Å²) in [7, 11) is 1.97. The van der Waals surface area contributed by atoms with Crippen LogP contribution in [-0.4, -0.2) is 28.9 Å². The fourth-order valence-corrected chi connectivity index (χ4v) is 3.65. The van der Waals surface area contributed by atoms with Gasteiger partial charge < -0.3 is 4.90 Å². The molecule has 0 bridgehead atoms. The zero-order chi connectivity index (χ0) is 16.4. The molecule has 0 spiro atoms. The van der Waals surface area contributed by atoms with Gasteiger partial charge in [-0.3, -0.25) is 9.78 Å². The highest BCUT2D eigenvalue weighted by molar-refractivity contribution is 6.06. The molecular weight excluding hydrogens is 284 g/mol.